The molecule has 3 aliphatic rings. The molecule has 2 saturated heterocycles. The molecule has 2 fully saturated rings. The van der Waals surface area contributed by atoms with Gasteiger partial charge in [-0.15, -0.1) is 11.8 Å². The number of imidazole rings is 1. The molecule has 2 aliphatic heterocycles. The number of hydrogen-bond donors (Lipinski definition) is 3. The first-order valence-corrected chi connectivity index (χ1v) is 12.4. The second-order valence-electron chi connectivity index (χ2n) is 9.44. The Kier molecular flexibility index (Phi) is 5.78. The highest BCUT2D eigenvalue weighted by Crippen LogP contribution is 2.50. The highest BCUT2D eigenvalue weighted by atomic mass is 32.2. The number of nitrogens with two attached hydrogens (primary N) is 1. The molecular weight excluding hydrogens is 484 g/mol. The molecule has 0 radical (unpaired) electrons. The lowest BCUT2D eigenvalue weighted by Crippen LogP contribution is -2.72. The van der Waals surface area contributed by atoms with E-state index in [0.717, 1.165) is 5.01 Å². The number of fused-ring (bicyclic) bond motifs is 2. The first-order valence-electron chi connectivity index (χ1n) is 11.5. The average Bonchev–Trinajstić information content (AvgIpc) is 3.37. The second-order valence-corrected chi connectivity index (χ2v) is 11.2. The molecule has 5 rings (SSSR count). The van der Waals surface area contributed by atoms with Crippen LogP contribution in [0.1, 0.15) is 26.7 Å². The van der Waals surface area contributed by atoms with Crippen molar-refractivity contribution in [2.45, 2.75) is 54.9 Å². The summed E-state index contributed by atoms with van der Waals surface area (Å²) in [5, 5.41) is 13.1. The Hall–Kier alpha value is -3.80. The number of para-hydroxylation sites is 2. The van der Waals surface area contributed by atoms with Gasteiger partial charge in [0.2, 0.25) is 11.8 Å². The van der Waals surface area contributed by atoms with Gasteiger partial charge in [-0.1, -0.05) is 30.4 Å². The molecule has 0 spiro atoms. The number of carbonyl (C=O) groups is 4. The van der Waals surface area contributed by atoms with E-state index in [-0.39, 0.29) is 0 Å². The van der Waals surface area contributed by atoms with Crippen molar-refractivity contribution in [1.29, 1.82) is 0 Å². The number of amides is 4. The summed E-state index contributed by atoms with van der Waals surface area (Å²) in [5.41, 5.74) is 7.67. The largest absolute Gasteiger partial charge is 0.480 e. The van der Waals surface area contributed by atoms with Crippen molar-refractivity contribution >= 4 is 46.6 Å². The van der Waals surface area contributed by atoms with Gasteiger partial charge in [0.15, 0.2) is 6.04 Å². The summed E-state index contributed by atoms with van der Waals surface area (Å²) in [6.07, 6.45) is 8.16. The number of hydrogen-bond acceptors (Lipinski definition) is 6. The smallest absolute Gasteiger partial charge is 0.335 e. The number of primary amides is 1. The number of aliphatic carboxylic acids is 1. The molecule has 1 aliphatic carbocycles. The number of benzene rings is 1. The Morgan fingerprint density at radius 1 is 1.28 bits per heavy atom. The van der Waals surface area contributed by atoms with Gasteiger partial charge in [0.1, 0.15) is 23.8 Å². The highest BCUT2D eigenvalue weighted by molar-refractivity contribution is 8.01. The number of urea groups is 1. The van der Waals surface area contributed by atoms with Gasteiger partial charge < -0.3 is 21.1 Å². The van der Waals surface area contributed by atoms with Crippen LogP contribution in [0.2, 0.25) is 0 Å². The third-order valence-corrected chi connectivity index (χ3v) is 8.32. The Labute approximate surface area is 211 Å². The topological polar surface area (TPSA) is 151 Å². The van der Waals surface area contributed by atoms with Crippen molar-refractivity contribution in [3.63, 3.8) is 0 Å². The number of thioether (sulfide) groups is 1. The van der Waals surface area contributed by atoms with Crippen LogP contribution in [-0.2, 0) is 14.4 Å². The maximum atomic E-state index is 13.8. The lowest BCUT2D eigenvalue weighted by molar-refractivity contribution is -0.161. The van der Waals surface area contributed by atoms with Crippen molar-refractivity contribution in [3.8, 4) is 0 Å². The zero-order valence-corrected chi connectivity index (χ0v) is 20.5. The van der Waals surface area contributed by atoms with E-state index in [2.05, 4.69) is 10.3 Å². The summed E-state index contributed by atoms with van der Waals surface area (Å²) >= 11 is 1.33. The number of nitrogens with one attached hydrogen (secondary N) is 1. The van der Waals surface area contributed by atoms with Gasteiger partial charge in [-0.2, -0.15) is 0 Å². The summed E-state index contributed by atoms with van der Waals surface area (Å²) in [6.45, 7) is 3.53. The van der Waals surface area contributed by atoms with Gasteiger partial charge in [-0.3, -0.25) is 9.59 Å². The van der Waals surface area contributed by atoms with E-state index in [1.54, 1.807) is 32.0 Å². The van der Waals surface area contributed by atoms with Crippen molar-refractivity contribution in [2.24, 2.45) is 5.73 Å². The Balaban J connectivity index is 1.48. The van der Waals surface area contributed by atoms with E-state index in [1.165, 1.54) is 27.7 Å². The summed E-state index contributed by atoms with van der Waals surface area (Å²) in [6, 6.07) is 3.24. The van der Waals surface area contributed by atoms with Crippen LogP contribution in [0.25, 0.3) is 11.0 Å². The minimum absolute atomic E-state index is 0.422. The number of allylic oxidation sites excluding steroid dienone is 3. The van der Waals surface area contributed by atoms with Crippen LogP contribution < -0.4 is 16.1 Å². The van der Waals surface area contributed by atoms with Gasteiger partial charge in [0, 0.05) is 4.75 Å². The Morgan fingerprint density at radius 2 is 2.03 bits per heavy atom. The number of β-lactam (4-membered cyclic amide) rings is 1. The molecular formula is C24H26N6O5S. The number of carboxylic acids is 1. The third-order valence-electron chi connectivity index (χ3n) is 6.75. The van der Waals surface area contributed by atoms with E-state index >= 15 is 0 Å². The van der Waals surface area contributed by atoms with Crippen LogP contribution in [0.5, 0.6) is 0 Å². The molecule has 4 N–H and O–H groups in total. The summed E-state index contributed by atoms with van der Waals surface area (Å²) in [5.74, 6) is -2.13. The number of rotatable bonds is 6. The van der Waals surface area contributed by atoms with E-state index in [1.807, 2.05) is 24.3 Å². The van der Waals surface area contributed by atoms with Gasteiger partial charge in [0.05, 0.1) is 11.0 Å². The summed E-state index contributed by atoms with van der Waals surface area (Å²) < 4.78 is 0.723. The fraction of sp³-hybridized carbons (Fsp3) is 0.375. The van der Waals surface area contributed by atoms with Gasteiger partial charge >= 0.3 is 12.0 Å². The van der Waals surface area contributed by atoms with E-state index in [0.29, 0.717) is 29.4 Å². The molecule has 188 valence electrons. The standard InChI is InChI=1S/C24H26N6O5S/c1-24(2)18(22(33)34)29-20(32)16(21(29)36-24)27-19(31)17(13-8-4-3-5-9-13)30(23(25)35)28-12-26-14-10-6-7-11-15(14)28/h3-4,6-7,9-12,16-18,21H,5,8H2,1-2H3,(H2,25,35)(H,27,31)(H,33,34)/t16?,17?,18-,21+/m0/s1. The first-order chi connectivity index (χ1) is 17.1. The molecule has 2 unspecified atom stereocenters. The quantitative estimate of drug-likeness (QED) is 0.392. The maximum absolute atomic E-state index is 13.8. The molecule has 2 aromatic rings. The van der Waals surface area contributed by atoms with Gasteiger partial charge in [-0.25, -0.2) is 24.3 Å². The molecule has 1 aromatic heterocycles. The van der Waals surface area contributed by atoms with Crippen LogP contribution in [0, 0.1) is 0 Å². The number of carboxylic acid groups (broad SMARTS) is 1. The Bertz CT molecular complexity index is 1330. The second kappa shape index (κ2) is 8.70. The van der Waals surface area contributed by atoms with Crippen LogP contribution >= 0.6 is 11.8 Å². The monoisotopic (exact) mass is 510 g/mol. The van der Waals surface area contributed by atoms with Crippen molar-refractivity contribution < 1.29 is 24.3 Å². The van der Waals surface area contributed by atoms with Crippen LogP contribution in [-0.4, -0.2) is 71.7 Å². The molecule has 12 heteroatoms. The fourth-order valence-corrected chi connectivity index (χ4v) is 6.76. The molecule has 11 nitrogen and oxygen atoms in total. The zero-order valence-electron chi connectivity index (χ0n) is 19.7. The van der Waals surface area contributed by atoms with E-state index in [4.69, 9.17) is 5.73 Å². The Morgan fingerprint density at radius 3 is 2.69 bits per heavy atom. The highest BCUT2D eigenvalue weighted by Gasteiger charge is 2.64. The maximum Gasteiger partial charge on any atom is 0.335 e. The van der Waals surface area contributed by atoms with Crippen LogP contribution in [0.4, 0.5) is 4.79 Å². The molecule has 0 bridgehead atoms. The average molecular weight is 511 g/mol. The normalized spacial score (nSPS) is 25.1. The number of aromatic nitrogens is 2. The molecule has 36 heavy (non-hydrogen) atoms. The molecule has 3 heterocycles. The molecule has 4 amide bonds. The third kappa shape index (κ3) is 3.72. The number of nitrogens with zero attached hydrogens (tertiary/aromatic N) is 4. The first kappa shape index (κ1) is 23.9. The van der Waals surface area contributed by atoms with E-state index in [9.17, 15) is 24.3 Å². The van der Waals surface area contributed by atoms with Crippen molar-refractivity contribution in [3.05, 3.63) is 54.4 Å². The number of carbonyl (C=O) groups excluding carboxylic acids is 3. The lowest BCUT2D eigenvalue weighted by atomic mass is 9.94. The summed E-state index contributed by atoms with van der Waals surface area (Å²) in [4.78, 5) is 57.0. The SMILES string of the molecule is CC1(C)S[C@@H]2C(NC(=O)C(C3=CCC=CC3)N(C(N)=O)n3cnc4ccccc43)C(=O)N2[C@H]1C(=O)O. The molecule has 4 atom stereocenters. The summed E-state index contributed by atoms with van der Waals surface area (Å²) in [7, 11) is 0. The van der Waals surface area contributed by atoms with Crippen molar-refractivity contribution in [1.82, 2.24) is 19.9 Å². The fourth-order valence-electron chi connectivity index (χ4n) is 5.13. The van der Waals surface area contributed by atoms with Gasteiger partial charge in [-0.05, 0) is 44.4 Å². The minimum Gasteiger partial charge on any atom is -0.480 e. The minimum atomic E-state index is -1.14. The van der Waals surface area contributed by atoms with Crippen LogP contribution in [0.3, 0.4) is 0 Å². The molecule has 1 aromatic carbocycles. The zero-order chi connectivity index (χ0) is 25.8. The van der Waals surface area contributed by atoms with E-state index < -0.39 is 52.1 Å². The molecule has 0 saturated carbocycles. The van der Waals surface area contributed by atoms with Gasteiger partial charge in [0.25, 0.3) is 0 Å². The predicted molar refractivity (Wildman–Crippen MR) is 133 cm³/mol. The van der Waals surface area contributed by atoms with Crippen LogP contribution in [0.15, 0.2) is 54.4 Å². The van der Waals surface area contributed by atoms with Crippen molar-refractivity contribution in [2.75, 3.05) is 5.01 Å². The lowest BCUT2D eigenvalue weighted by Gasteiger charge is -2.44. The predicted octanol–water partition coefficient (Wildman–Crippen LogP) is 1.33.